The van der Waals surface area contributed by atoms with Gasteiger partial charge in [-0.3, -0.25) is 9.69 Å². The molecule has 0 N–H and O–H groups in total. The van der Waals surface area contributed by atoms with Crippen molar-refractivity contribution in [2.24, 2.45) is 5.92 Å². The summed E-state index contributed by atoms with van der Waals surface area (Å²) in [6.07, 6.45) is 3.13. The molecule has 5 nitrogen and oxygen atoms in total. The maximum absolute atomic E-state index is 12.3. The Morgan fingerprint density at radius 2 is 1.96 bits per heavy atom. The van der Waals surface area contributed by atoms with Crippen molar-refractivity contribution in [2.75, 3.05) is 40.4 Å². The molecule has 1 aliphatic heterocycles. The largest absolute Gasteiger partial charge is 0.493 e. The molecule has 1 aromatic carbocycles. The van der Waals surface area contributed by atoms with Crippen LogP contribution in [0.3, 0.4) is 0 Å². The first-order valence-electron chi connectivity index (χ1n) is 8.54. The first kappa shape index (κ1) is 17.4. The lowest BCUT2D eigenvalue weighted by molar-refractivity contribution is -0.132. The molecule has 0 bridgehead atoms. The molecule has 1 amide bonds. The number of hydrogen-bond acceptors (Lipinski definition) is 4. The van der Waals surface area contributed by atoms with E-state index in [1.165, 1.54) is 0 Å². The molecule has 0 radical (unpaired) electrons. The van der Waals surface area contributed by atoms with E-state index in [-0.39, 0.29) is 0 Å². The highest BCUT2D eigenvalue weighted by Crippen LogP contribution is 2.35. The lowest BCUT2D eigenvalue weighted by atomic mass is 10.1. The molecule has 1 heterocycles. The van der Waals surface area contributed by atoms with Gasteiger partial charge in [-0.15, -0.1) is 0 Å². The maximum Gasteiger partial charge on any atom is 0.225 e. The van der Waals surface area contributed by atoms with Crippen molar-refractivity contribution in [3.05, 3.63) is 22.7 Å². The number of ether oxygens (including phenoxy) is 2. The van der Waals surface area contributed by atoms with Gasteiger partial charge in [0.2, 0.25) is 5.91 Å². The fourth-order valence-corrected chi connectivity index (χ4v) is 3.53. The summed E-state index contributed by atoms with van der Waals surface area (Å²) in [5, 5.41) is 0.642. The van der Waals surface area contributed by atoms with E-state index in [1.54, 1.807) is 20.3 Å². The molecule has 6 heteroatoms. The summed E-state index contributed by atoms with van der Waals surface area (Å²) in [5.41, 5.74) is 1.02. The number of amides is 1. The number of carbonyl (C=O) groups excluding carboxylic acids is 1. The van der Waals surface area contributed by atoms with Crippen LogP contribution >= 0.6 is 11.6 Å². The zero-order valence-corrected chi connectivity index (χ0v) is 15.1. The van der Waals surface area contributed by atoms with Crippen molar-refractivity contribution in [3.63, 3.8) is 0 Å². The van der Waals surface area contributed by atoms with Crippen LogP contribution in [-0.2, 0) is 11.3 Å². The van der Waals surface area contributed by atoms with Crippen molar-refractivity contribution < 1.29 is 14.3 Å². The summed E-state index contributed by atoms with van der Waals surface area (Å²) in [7, 11) is 3.26. The Hall–Kier alpha value is -1.46. The predicted molar refractivity (Wildman–Crippen MR) is 93.8 cm³/mol. The molecule has 2 fully saturated rings. The van der Waals surface area contributed by atoms with Crippen LogP contribution in [0.2, 0.25) is 5.02 Å². The molecular formula is C18H25ClN2O3. The average molecular weight is 353 g/mol. The zero-order valence-electron chi connectivity index (χ0n) is 14.4. The van der Waals surface area contributed by atoms with Gasteiger partial charge in [-0.1, -0.05) is 11.6 Å². The highest BCUT2D eigenvalue weighted by molar-refractivity contribution is 6.30. The molecule has 1 aliphatic carbocycles. The normalized spacial score (nSPS) is 19.0. The Balaban J connectivity index is 1.67. The van der Waals surface area contributed by atoms with Gasteiger partial charge in [0, 0.05) is 55.3 Å². The molecule has 132 valence electrons. The standard InChI is InChI=1S/C18H25ClN2O3/c1-23-16-11-15(19)10-14(17(16)24-2)12-20-6-3-7-21(9-8-20)18(22)13-4-5-13/h10-11,13H,3-9,12H2,1-2H3. The van der Waals surface area contributed by atoms with Crippen molar-refractivity contribution in [2.45, 2.75) is 25.8 Å². The number of halogens is 1. The first-order chi connectivity index (χ1) is 11.6. The molecule has 1 saturated heterocycles. The number of nitrogens with zero attached hydrogens (tertiary/aromatic N) is 2. The van der Waals surface area contributed by atoms with E-state index < -0.39 is 0 Å². The highest BCUT2D eigenvalue weighted by Gasteiger charge is 2.34. The van der Waals surface area contributed by atoms with E-state index in [9.17, 15) is 4.79 Å². The minimum absolute atomic E-state index is 0.300. The van der Waals surface area contributed by atoms with E-state index in [0.717, 1.165) is 63.3 Å². The SMILES string of the molecule is COc1cc(Cl)cc(CN2CCCN(C(=O)C3CC3)CC2)c1OC. The predicted octanol–water partition coefficient (Wildman–Crippen LogP) is 2.80. The van der Waals surface area contributed by atoms with Crippen LogP contribution in [0, 0.1) is 5.92 Å². The van der Waals surface area contributed by atoms with Crippen molar-refractivity contribution in [1.82, 2.24) is 9.80 Å². The Morgan fingerprint density at radius 1 is 1.17 bits per heavy atom. The van der Waals surface area contributed by atoms with Crippen LogP contribution in [0.25, 0.3) is 0 Å². The molecule has 3 rings (SSSR count). The van der Waals surface area contributed by atoms with Gasteiger partial charge in [0.05, 0.1) is 14.2 Å². The summed E-state index contributed by atoms with van der Waals surface area (Å²) in [6.45, 7) is 4.24. The van der Waals surface area contributed by atoms with Gasteiger partial charge in [-0.05, 0) is 25.3 Å². The Kier molecular flexibility index (Phi) is 5.51. The van der Waals surface area contributed by atoms with Gasteiger partial charge in [0.25, 0.3) is 0 Å². The quantitative estimate of drug-likeness (QED) is 0.817. The highest BCUT2D eigenvalue weighted by atomic mass is 35.5. The molecule has 0 unspecified atom stereocenters. The van der Waals surface area contributed by atoms with E-state index in [0.29, 0.717) is 22.6 Å². The van der Waals surface area contributed by atoms with E-state index in [2.05, 4.69) is 4.90 Å². The number of carbonyl (C=O) groups is 1. The molecule has 0 atom stereocenters. The lowest BCUT2D eigenvalue weighted by Crippen LogP contribution is -2.36. The van der Waals surface area contributed by atoms with Crippen molar-refractivity contribution >= 4 is 17.5 Å². The van der Waals surface area contributed by atoms with Crippen LogP contribution < -0.4 is 9.47 Å². The minimum atomic E-state index is 0.300. The molecule has 0 spiro atoms. The lowest BCUT2D eigenvalue weighted by Gasteiger charge is -2.23. The number of rotatable bonds is 5. The summed E-state index contributed by atoms with van der Waals surface area (Å²) in [5.74, 6) is 2.03. The Morgan fingerprint density at radius 3 is 2.62 bits per heavy atom. The van der Waals surface area contributed by atoms with Gasteiger partial charge >= 0.3 is 0 Å². The number of benzene rings is 1. The monoisotopic (exact) mass is 352 g/mol. The molecule has 2 aliphatic rings. The third-order valence-electron chi connectivity index (χ3n) is 4.74. The van der Waals surface area contributed by atoms with Gasteiger partial charge in [0.15, 0.2) is 11.5 Å². The second-order valence-electron chi connectivity index (χ2n) is 6.53. The first-order valence-corrected chi connectivity index (χ1v) is 8.91. The van der Waals surface area contributed by atoms with Crippen LogP contribution in [0.1, 0.15) is 24.8 Å². The molecule has 24 heavy (non-hydrogen) atoms. The molecule has 1 aromatic rings. The van der Waals surface area contributed by atoms with Crippen molar-refractivity contribution in [3.8, 4) is 11.5 Å². The molecule has 1 saturated carbocycles. The number of methoxy groups -OCH3 is 2. The summed E-state index contributed by atoms with van der Waals surface area (Å²) in [6, 6.07) is 3.70. The van der Waals surface area contributed by atoms with E-state index >= 15 is 0 Å². The fraction of sp³-hybridized carbons (Fsp3) is 0.611. The average Bonchev–Trinajstić information content (AvgIpc) is 3.41. The Labute approximate surface area is 148 Å². The molecule has 0 aromatic heterocycles. The van der Waals surface area contributed by atoms with E-state index in [4.69, 9.17) is 21.1 Å². The van der Waals surface area contributed by atoms with Gasteiger partial charge in [-0.2, -0.15) is 0 Å². The van der Waals surface area contributed by atoms with Gasteiger partial charge in [-0.25, -0.2) is 0 Å². The van der Waals surface area contributed by atoms with Crippen LogP contribution in [-0.4, -0.2) is 56.1 Å². The maximum atomic E-state index is 12.3. The third-order valence-corrected chi connectivity index (χ3v) is 4.96. The topological polar surface area (TPSA) is 42.0 Å². The van der Waals surface area contributed by atoms with Crippen LogP contribution in [0.5, 0.6) is 11.5 Å². The smallest absolute Gasteiger partial charge is 0.225 e. The Bertz CT molecular complexity index is 604. The van der Waals surface area contributed by atoms with Crippen LogP contribution in [0.15, 0.2) is 12.1 Å². The second-order valence-corrected chi connectivity index (χ2v) is 6.97. The van der Waals surface area contributed by atoms with Crippen molar-refractivity contribution in [1.29, 1.82) is 0 Å². The van der Waals surface area contributed by atoms with Gasteiger partial charge < -0.3 is 14.4 Å². The van der Waals surface area contributed by atoms with Crippen LogP contribution in [0.4, 0.5) is 0 Å². The fourth-order valence-electron chi connectivity index (χ4n) is 3.30. The summed E-state index contributed by atoms with van der Waals surface area (Å²) >= 11 is 6.21. The third kappa shape index (κ3) is 3.95. The minimum Gasteiger partial charge on any atom is -0.493 e. The second kappa shape index (κ2) is 7.62. The summed E-state index contributed by atoms with van der Waals surface area (Å²) < 4.78 is 10.9. The zero-order chi connectivity index (χ0) is 17.1. The molecular weight excluding hydrogens is 328 g/mol. The summed E-state index contributed by atoms with van der Waals surface area (Å²) in [4.78, 5) is 16.7. The van der Waals surface area contributed by atoms with Gasteiger partial charge in [0.1, 0.15) is 0 Å². The van der Waals surface area contributed by atoms with E-state index in [1.807, 2.05) is 11.0 Å². The number of hydrogen-bond donors (Lipinski definition) is 0.